The van der Waals surface area contributed by atoms with Crippen LogP contribution in [0.1, 0.15) is 51.4 Å². The van der Waals surface area contributed by atoms with E-state index in [4.69, 9.17) is 4.74 Å². The number of carboxylic acids is 1. The van der Waals surface area contributed by atoms with Crippen molar-refractivity contribution in [3.63, 3.8) is 0 Å². The monoisotopic (exact) mass is 283 g/mol. The Labute approximate surface area is 120 Å². The van der Waals surface area contributed by atoms with E-state index < -0.39 is 12.0 Å². The van der Waals surface area contributed by atoms with E-state index in [1.807, 2.05) is 0 Å². The third-order valence-electron chi connectivity index (χ3n) is 4.45. The van der Waals surface area contributed by atoms with Crippen LogP contribution in [0.25, 0.3) is 0 Å². The first-order valence-corrected chi connectivity index (χ1v) is 7.78. The van der Waals surface area contributed by atoms with E-state index in [0.29, 0.717) is 25.3 Å². The van der Waals surface area contributed by atoms with Gasteiger partial charge in [-0.15, -0.1) is 0 Å². The van der Waals surface area contributed by atoms with E-state index >= 15 is 0 Å². The molecule has 0 radical (unpaired) electrons. The quantitative estimate of drug-likeness (QED) is 0.838. The molecular weight excluding hydrogens is 258 g/mol. The van der Waals surface area contributed by atoms with Crippen molar-refractivity contribution in [3.05, 3.63) is 0 Å². The highest BCUT2D eigenvalue weighted by Crippen LogP contribution is 2.23. The predicted molar refractivity (Wildman–Crippen MR) is 74.4 cm³/mol. The zero-order chi connectivity index (χ0) is 14.4. The highest BCUT2D eigenvalue weighted by atomic mass is 16.5. The van der Waals surface area contributed by atoms with Gasteiger partial charge in [0, 0.05) is 26.2 Å². The molecule has 2 aliphatic heterocycles. The van der Waals surface area contributed by atoms with Crippen molar-refractivity contribution < 1.29 is 19.4 Å². The maximum absolute atomic E-state index is 12.2. The van der Waals surface area contributed by atoms with Crippen LogP contribution in [0.15, 0.2) is 0 Å². The Morgan fingerprint density at radius 2 is 1.90 bits per heavy atom. The van der Waals surface area contributed by atoms with E-state index in [-0.39, 0.29) is 5.91 Å². The van der Waals surface area contributed by atoms with Crippen molar-refractivity contribution >= 4 is 11.9 Å². The van der Waals surface area contributed by atoms with Crippen molar-refractivity contribution in [1.29, 1.82) is 0 Å². The number of carbonyl (C=O) groups is 2. The van der Waals surface area contributed by atoms with E-state index in [0.717, 1.165) is 51.7 Å². The molecule has 20 heavy (non-hydrogen) atoms. The number of hydrogen-bond donors (Lipinski definition) is 1. The maximum Gasteiger partial charge on any atom is 0.326 e. The van der Waals surface area contributed by atoms with Gasteiger partial charge in [-0.2, -0.15) is 0 Å². The van der Waals surface area contributed by atoms with Gasteiger partial charge < -0.3 is 14.7 Å². The second kappa shape index (κ2) is 7.62. The normalized spacial score (nSPS) is 24.6. The van der Waals surface area contributed by atoms with Crippen molar-refractivity contribution in [1.82, 2.24) is 4.90 Å². The molecule has 0 aromatic carbocycles. The lowest BCUT2D eigenvalue weighted by Gasteiger charge is -2.33. The number of hydrogen-bond acceptors (Lipinski definition) is 3. The highest BCUT2D eigenvalue weighted by Gasteiger charge is 2.31. The van der Waals surface area contributed by atoms with Crippen molar-refractivity contribution in [2.75, 3.05) is 19.8 Å². The number of amides is 1. The Morgan fingerprint density at radius 1 is 1.15 bits per heavy atom. The van der Waals surface area contributed by atoms with Gasteiger partial charge in [-0.1, -0.05) is 0 Å². The van der Waals surface area contributed by atoms with E-state index in [1.165, 1.54) is 0 Å². The number of nitrogens with zero attached hydrogens (tertiary/aromatic N) is 1. The largest absolute Gasteiger partial charge is 0.480 e. The lowest BCUT2D eigenvalue weighted by Crippen LogP contribution is -2.47. The molecule has 1 atom stereocenters. The standard InChI is InChI=1S/C15H25NO4/c17-14(6-3-4-12-7-10-20-11-8-12)16-9-2-1-5-13(16)15(18)19/h12-13H,1-11H2,(H,18,19)/t13-/m1/s1. The summed E-state index contributed by atoms with van der Waals surface area (Å²) < 4.78 is 5.32. The Kier molecular flexibility index (Phi) is 5.83. The van der Waals surface area contributed by atoms with Crippen LogP contribution >= 0.6 is 0 Å². The topological polar surface area (TPSA) is 66.8 Å². The first-order valence-electron chi connectivity index (χ1n) is 7.78. The number of piperidine rings is 1. The van der Waals surface area contributed by atoms with Crippen molar-refractivity contribution in [2.45, 2.75) is 57.4 Å². The van der Waals surface area contributed by atoms with Crippen LogP contribution in [-0.2, 0) is 14.3 Å². The summed E-state index contributed by atoms with van der Waals surface area (Å²) in [4.78, 5) is 25.0. The molecule has 1 amide bonds. The molecule has 0 aliphatic carbocycles. The molecule has 114 valence electrons. The van der Waals surface area contributed by atoms with Crippen LogP contribution in [0.5, 0.6) is 0 Å². The van der Waals surface area contributed by atoms with Gasteiger partial charge in [-0.25, -0.2) is 4.79 Å². The molecule has 2 rings (SSSR count). The molecule has 2 aliphatic rings. The fraction of sp³-hybridized carbons (Fsp3) is 0.867. The summed E-state index contributed by atoms with van der Waals surface area (Å²) in [6, 6.07) is -0.598. The van der Waals surface area contributed by atoms with E-state index in [2.05, 4.69) is 0 Å². The summed E-state index contributed by atoms with van der Waals surface area (Å²) >= 11 is 0. The molecular formula is C15H25NO4. The fourth-order valence-corrected chi connectivity index (χ4v) is 3.21. The molecule has 0 bridgehead atoms. The van der Waals surface area contributed by atoms with Gasteiger partial charge in [-0.3, -0.25) is 4.79 Å². The minimum Gasteiger partial charge on any atom is -0.480 e. The molecule has 2 saturated heterocycles. The number of carboxylic acid groups (broad SMARTS) is 1. The second-order valence-corrected chi connectivity index (χ2v) is 5.88. The Hall–Kier alpha value is -1.10. The molecule has 5 heteroatoms. The number of ether oxygens (including phenoxy) is 1. The van der Waals surface area contributed by atoms with Crippen molar-refractivity contribution in [2.24, 2.45) is 5.92 Å². The molecule has 5 nitrogen and oxygen atoms in total. The first kappa shape index (κ1) is 15.3. The number of likely N-dealkylation sites (tertiary alicyclic amines) is 1. The van der Waals surface area contributed by atoms with Gasteiger partial charge in [0.2, 0.25) is 5.91 Å². The molecule has 0 saturated carbocycles. The number of rotatable bonds is 5. The summed E-state index contributed by atoms with van der Waals surface area (Å²) in [7, 11) is 0. The van der Waals surface area contributed by atoms with Crippen LogP contribution in [-0.4, -0.2) is 47.7 Å². The molecule has 1 N–H and O–H groups in total. The van der Waals surface area contributed by atoms with Crippen LogP contribution in [0.4, 0.5) is 0 Å². The molecule has 0 aromatic heterocycles. The summed E-state index contributed by atoms with van der Waals surface area (Å²) in [5, 5.41) is 9.18. The first-order chi connectivity index (χ1) is 9.68. The van der Waals surface area contributed by atoms with E-state index in [1.54, 1.807) is 4.90 Å². The zero-order valence-electron chi connectivity index (χ0n) is 12.1. The van der Waals surface area contributed by atoms with Gasteiger partial charge in [0.1, 0.15) is 6.04 Å². The summed E-state index contributed by atoms with van der Waals surface area (Å²) in [6.07, 6.45) is 7.03. The summed E-state index contributed by atoms with van der Waals surface area (Å²) in [5.74, 6) is -0.167. The highest BCUT2D eigenvalue weighted by molar-refractivity contribution is 5.83. The zero-order valence-corrected chi connectivity index (χ0v) is 12.1. The van der Waals surface area contributed by atoms with Gasteiger partial charge in [-0.05, 0) is 50.9 Å². The third-order valence-corrected chi connectivity index (χ3v) is 4.45. The molecule has 0 aromatic rings. The lowest BCUT2D eigenvalue weighted by atomic mass is 9.93. The maximum atomic E-state index is 12.2. The number of aliphatic carboxylic acids is 1. The van der Waals surface area contributed by atoms with Gasteiger partial charge in [0.15, 0.2) is 0 Å². The van der Waals surface area contributed by atoms with E-state index in [9.17, 15) is 14.7 Å². The summed E-state index contributed by atoms with van der Waals surface area (Å²) in [5.41, 5.74) is 0. The van der Waals surface area contributed by atoms with Gasteiger partial charge in [0.05, 0.1) is 0 Å². The van der Waals surface area contributed by atoms with Crippen molar-refractivity contribution in [3.8, 4) is 0 Å². The molecule has 2 fully saturated rings. The third kappa shape index (κ3) is 4.20. The lowest BCUT2D eigenvalue weighted by molar-refractivity contribution is -0.152. The molecule has 0 spiro atoms. The minimum absolute atomic E-state index is 0.0177. The average molecular weight is 283 g/mol. The average Bonchev–Trinajstić information content (AvgIpc) is 2.48. The predicted octanol–water partition coefficient (Wildman–Crippen LogP) is 2.05. The second-order valence-electron chi connectivity index (χ2n) is 5.88. The number of carbonyl (C=O) groups excluding carboxylic acids is 1. The minimum atomic E-state index is -0.859. The van der Waals surface area contributed by atoms with Crippen LogP contribution in [0.2, 0.25) is 0 Å². The van der Waals surface area contributed by atoms with Crippen LogP contribution in [0.3, 0.4) is 0 Å². The Balaban J connectivity index is 1.73. The summed E-state index contributed by atoms with van der Waals surface area (Å²) in [6.45, 7) is 2.28. The Bertz CT molecular complexity index is 339. The molecule has 0 unspecified atom stereocenters. The molecule has 2 heterocycles. The SMILES string of the molecule is O=C(O)[C@H]1CCCCN1C(=O)CCCC1CCOCC1. The Morgan fingerprint density at radius 3 is 2.60 bits per heavy atom. The van der Waals surface area contributed by atoms with Gasteiger partial charge >= 0.3 is 5.97 Å². The van der Waals surface area contributed by atoms with Gasteiger partial charge in [0.25, 0.3) is 0 Å². The van der Waals surface area contributed by atoms with Crippen LogP contribution in [0, 0.1) is 5.92 Å². The fourth-order valence-electron chi connectivity index (χ4n) is 3.21. The van der Waals surface area contributed by atoms with Crippen LogP contribution < -0.4 is 0 Å². The smallest absolute Gasteiger partial charge is 0.326 e.